The predicted molar refractivity (Wildman–Crippen MR) is 108 cm³/mol. The summed E-state index contributed by atoms with van der Waals surface area (Å²) >= 11 is 0. The highest BCUT2D eigenvalue weighted by atomic mass is 16.5. The van der Waals surface area contributed by atoms with Crippen molar-refractivity contribution in [2.24, 2.45) is 5.92 Å². The SMILES string of the molecule is COC(=O)c1cn(C(=O)C2CCN(Cc3ccccc3)CC2)c2ccccc12. The third-order valence-corrected chi connectivity index (χ3v) is 5.54. The second kappa shape index (κ2) is 7.98. The van der Waals surface area contributed by atoms with Gasteiger partial charge in [0, 0.05) is 24.0 Å². The van der Waals surface area contributed by atoms with Gasteiger partial charge in [-0.1, -0.05) is 48.5 Å². The fourth-order valence-corrected chi connectivity index (χ4v) is 4.01. The Bertz CT molecular complexity index is 986. The Balaban J connectivity index is 1.49. The number of methoxy groups -OCH3 is 1. The molecule has 0 N–H and O–H groups in total. The van der Waals surface area contributed by atoms with Crippen molar-refractivity contribution in [3.63, 3.8) is 0 Å². The molecular formula is C23H24N2O3. The van der Waals surface area contributed by atoms with Crippen LogP contribution in [0.3, 0.4) is 0 Å². The summed E-state index contributed by atoms with van der Waals surface area (Å²) in [5.41, 5.74) is 2.50. The third-order valence-electron chi connectivity index (χ3n) is 5.54. The van der Waals surface area contributed by atoms with Crippen molar-refractivity contribution in [2.45, 2.75) is 19.4 Å². The fraction of sp³-hybridized carbons (Fsp3) is 0.304. The lowest BCUT2D eigenvalue weighted by Crippen LogP contribution is -2.37. The molecule has 0 bridgehead atoms. The topological polar surface area (TPSA) is 51.5 Å². The summed E-state index contributed by atoms with van der Waals surface area (Å²) < 4.78 is 6.52. The number of rotatable bonds is 4. The lowest BCUT2D eigenvalue weighted by atomic mass is 9.95. The lowest BCUT2D eigenvalue weighted by molar-refractivity contribution is 0.0603. The van der Waals surface area contributed by atoms with Crippen molar-refractivity contribution < 1.29 is 14.3 Å². The van der Waals surface area contributed by atoms with Gasteiger partial charge in [-0.2, -0.15) is 0 Å². The summed E-state index contributed by atoms with van der Waals surface area (Å²) in [5, 5.41) is 0.754. The van der Waals surface area contributed by atoms with E-state index in [0.717, 1.165) is 43.4 Å². The van der Waals surface area contributed by atoms with E-state index in [-0.39, 0.29) is 11.8 Å². The van der Waals surface area contributed by atoms with Crippen LogP contribution in [0, 0.1) is 5.92 Å². The number of para-hydroxylation sites is 1. The maximum atomic E-state index is 13.2. The number of nitrogens with zero attached hydrogens (tertiary/aromatic N) is 2. The summed E-state index contributed by atoms with van der Waals surface area (Å²) in [5.74, 6) is -0.389. The highest BCUT2D eigenvalue weighted by Crippen LogP contribution is 2.26. The molecule has 2 aromatic carbocycles. The van der Waals surface area contributed by atoms with Gasteiger partial charge in [0.1, 0.15) is 0 Å². The Morgan fingerprint density at radius 3 is 2.39 bits per heavy atom. The highest BCUT2D eigenvalue weighted by molar-refractivity contribution is 6.07. The number of esters is 1. The first-order valence-electron chi connectivity index (χ1n) is 9.66. The normalized spacial score (nSPS) is 15.6. The number of benzene rings is 2. The van der Waals surface area contributed by atoms with Crippen molar-refractivity contribution in [2.75, 3.05) is 20.2 Å². The minimum Gasteiger partial charge on any atom is -0.465 e. The zero-order valence-electron chi connectivity index (χ0n) is 16.0. The van der Waals surface area contributed by atoms with E-state index in [1.165, 1.54) is 12.7 Å². The first-order chi connectivity index (χ1) is 13.7. The first-order valence-corrected chi connectivity index (χ1v) is 9.66. The van der Waals surface area contributed by atoms with Crippen LogP contribution in [0.25, 0.3) is 10.9 Å². The Morgan fingerprint density at radius 2 is 1.68 bits per heavy atom. The quantitative estimate of drug-likeness (QED) is 0.647. The minimum atomic E-state index is -0.416. The molecule has 144 valence electrons. The smallest absolute Gasteiger partial charge is 0.340 e. The molecule has 5 heteroatoms. The van der Waals surface area contributed by atoms with Crippen molar-refractivity contribution >= 4 is 22.8 Å². The van der Waals surface area contributed by atoms with Gasteiger partial charge in [-0.15, -0.1) is 0 Å². The Hall–Kier alpha value is -2.92. The maximum Gasteiger partial charge on any atom is 0.340 e. The Morgan fingerprint density at radius 1 is 1.00 bits per heavy atom. The van der Waals surface area contributed by atoms with E-state index in [2.05, 4.69) is 29.2 Å². The highest BCUT2D eigenvalue weighted by Gasteiger charge is 2.28. The van der Waals surface area contributed by atoms with Gasteiger partial charge < -0.3 is 4.74 Å². The molecule has 1 saturated heterocycles. The molecular weight excluding hydrogens is 352 g/mol. The minimum absolute atomic E-state index is 0.0340. The molecule has 0 amide bonds. The van der Waals surface area contributed by atoms with E-state index in [9.17, 15) is 9.59 Å². The number of likely N-dealkylation sites (tertiary alicyclic amines) is 1. The van der Waals surface area contributed by atoms with Crippen LogP contribution in [0.1, 0.15) is 33.6 Å². The fourth-order valence-electron chi connectivity index (χ4n) is 4.01. The second-order valence-corrected chi connectivity index (χ2v) is 7.30. The van der Waals surface area contributed by atoms with Gasteiger partial charge in [-0.05, 0) is 37.6 Å². The van der Waals surface area contributed by atoms with Gasteiger partial charge in [-0.25, -0.2) is 4.79 Å². The van der Waals surface area contributed by atoms with Crippen LogP contribution in [-0.2, 0) is 11.3 Å². The molecule has 28 heavy (non-hydrogen) atoms. The molecule has 4 rings (SSSR count). The summed E-state index contributed by atoms with van der Waals surface area (Å²) in [4.78, 5) is 27.7. The molecule has 0 unspecified atom stereocenters. The van der Waals surface area contributed by atoms with E-state index in [1.807, 2.05) is 30.3 Å². The number of piperidine rings is 1. The molecule has 5 nitrogen and oxygen atoms in total. The average Bonchev–Trinajstić information content (AvgIpc) is 3.14. The van der Waals surface area contributed by atoms with Crippen LogP contribution in [0.5, 0.6) is 0 Å². The van der Waals surface area contributed by atoms with E-state index in [4.69, 9.17) is 4.74 Å². The number of hydrogen-bond donors (Lipinski definition) is 0. The molecule has 0 spiro atoms. The number of fused-ring (bicyclic) bond motifs is 1. The summed E-state index contributed by atoms with van der Waals surface area (Å²) in [6.07, 6.45) is 3.28. The van der Waals surface area contributed by atoms with Gasteiger partial charge >= 0.3 is 5.97 Å². The molecule has 1 aliphatic heterocycles. The first kappa shape index (κ1) is 18.4. The average molecular weight is 376 g/mol. The number of aromatic nitrogens is 1. The third kappa shape index (κ3) is 3.58. The van der Waals surface area contributed by atoms with E-state index < -0.39 is 5.97 Å². The van der Waals surface area contributed by atoms with E-state index >= 15 is 0 Å². The van der Waals surface area contributed by atoms with Crippen molar-refractivity contribution in [3.05, 3.63) is 71.9 Å². The molecule has 1 fully saturated rings. The number of hydrogen-bond acceptors (Lipinski definition) is 4. The Kier molecular flexibility index (Phi) is 5.26. The van der Waals surface area contributed by atoms with Gasteiger partial charge in [0.05, 0.1) is 18.2 Å². The van der Waals surface area contributed by atoms with Crippen LogP contribution in [-0.4, -0.2) is 41.5 Å². The molecule has 0 radical (unpaired) electrons. The van der Waals surface area contributed by atoms with Crippen LogP contribution in [0.4, 0.5) is 0 Å². The monoisotopic (exact) mass is 376 g/mol. The van der Waals surface area contributed by atoms with Gasteiger partial charge in [0.25, 0.3) is 0 Å². The van der Waals surface area contributed by atoms with Gasteiger partial charge in [-0.3, -0.25) is 14.3 Å². The zero-order valence-corrected chi connectivity index (χ0v) is 16.0. The van der Waals surface area contributed by atoms with Gasteiger partial charge in [0.2, 0.25) is 5.91 Å². The van der Waals surface area contributed by atoms with Crippen LogP contribution in [0.15, 0.2) is 60.8 Å². The zero-order chi connectivity index (χ0) is 19.5. The second-order valence-electron chi connectivity index (χ2n) is 7.30. The van der Waals surface area contributed by atoms with Crippen molar-refractivity contribution in [1.29, 1.82) is 0 Å². The maximum absolute atomic E-state index is 13.2. The summed E-state index contributed by atoms with van der Waals surface area (Å²) in [6.45, 7) is 2.71. The number of carbonyl (C=O) groups excluding carboxylic acids is 2. The largest absolute Gasteiger partial charge is 0.465 e. The summed E-state index contributed by atoms with van der Waals surface area (Å²) in [7, 11) is 1.36. The number of carbonyl (C=O) groups is 2. The molecule has 0 aliphatic carbocycles. The lowest BCUT2D eigenvalue weighted by Gasteiger charge is -2.31. The predicted octanol–water partition coefficient (Wildman–Crippen LogP) is 3.98. The molecule has 3 aromatic rings. The number of ether oxygens (including phenoxy) is 1. The molecule has 0 saturated carbocycles. The molecule has 0 atom stereocenters. The molecule has 1 aliphatic rings. The van der Waals surface area contributed by atoms with Crippen molar-refractivity contribution in [1.82, 2.24) is 9.47 Å². The molecule has 1 aromatic heterocycles. The van der Waals surface area contributed by atoms with E-state index in [1.54, 1.807) is 10.8 Å². The van der Waals surface area contributed by atoms with Crippen LogP contribution < -0.4 is 0 Å². The molecule has 2 heterocycles. The van der Waals surface area contributed by atoms with Crippen LogP contribution in [0.2, 0.25) is 0 Å². The standard InChI is InChI=1S/C23H24N2O3/c1-28-23(27)20-16-25(21-10-6-5-9-19(20)21)22(26)18-11-13-24(14-12-18)15-17-7-3-2-4-8-17/h2-10,16,18H,11-15H2,1H3. The summed E-state index contributed by atoms with van der Waals surface area (Å²) in [6, 6.07) is 17.9. The van der Waals surface area contributed by atoms with Gasteiger partial charge in [0.15, 0.2) is 0 Å². The Labute approximate surface area is 164 Å². The van der Waals surface area contributed by atoms with Crippen LogP contribution >= 0.6 is 0 Å². The van der Waals surface area contributed by atoms with Crippen molar-refractivity contribution in [3.8, 4) is 0 Å². The van der Waals surface area contributed by atoms with E-state index in [0.29, 0.717) is 5.56 Å².